The lowest BCUT2D eigenvalue weighted by atomic mass is 10.2. The molecule has 0 saturated carbocycles. The average Bonchev–Trinajstić information content (AvgIpc) is 2.47. The lowest BCUT2D eigenvalue weighted by Gasteiger charge is -2.10. The molecule has 0 fully saturated rings. The summed E-state index contributed by atoms with van der Waals surface area (Å²) in [5.41, 5.74) is 0.117. The molecule has 108 valence electrons. The van der Waals surface area contributed by atoms with E-state index in [0.717, 1.165) is 0 Å². The van der Waals surface area contributed by atoms with Crippen molar-refractivity contribution >= 4 is 27.9 Å². The van der Waals surface area contributed by atoms with Crippen LogP contribution in [0, 0.1) is 0 Å². The van der Waals surface area contributed by atoms with Gasteiger partial charge in [0.1, 0.15) is 22.6 Å². The van der Waals surface area contributed by atoms with Gasteiger partial charge in [0.05, 0.1) is 7.11 Å². The fourth-order valence-corrected chi connectivity index (χ4v) is 2.09. The zero-order valence-electron chi connectivity index (χ0n) is 11.0. The molecule has 0 atom stereocenters. The van der Waals surface area contributed by atoms with E-state index in [1.165, 1.54) is 19.2 Å². The maximum absolute atomic E-state index is 12.2. The van der Waals surface area contributed by atoms with Gasteiger partial charge in [-0.3, -0.25) is 0 Å². The summed E-state index contributed by atoms with van der Waals surface area (Å²) in [5, 5.41) is 9.07. The molecule has 0 saturated heterocycles. The number of carbonyl (C=O) groups is 2. The van der Waals surface area contributed by atoms with E-state index in [1.807, 2.05) is 0 Å². The highest BCUT2D eigenvalue weighted by Gasteiger charge is 2.18. The second kappa shape index (κ2) is 6.41. The molecule has 0 aromatic heterocycles. The van der Waals surface area contributed by atoms with Crippen LogP contribution in [0.5, 0.6) is 11.5 Å². The first kappa shape index (κ1) is 15.1. The van der Waals surface area contributed by atoms with Gasteiger partial charge in [-0.2, -0.15) is 0 Å². The molecular formula is C15H11BrO5. The van der Waals surface area contributed by atoms with Crippen LogP contribution < -0.4 is 9.47 Å². The second-order valence-electron chi connectivity index (χ2n) is 4.04. The van der Waals surface area contributed by atoms with Crippen LogP contribution >= 0.6 is 15.9 Å². The SMILES string of the molecule is COc1ccc(Br)cc1C(=O)Oc1ccccc1C(=O)O. The summed E-state index contributed by atoms with van der Waals surface area (Å²) in [6, 6.07) is 10.8. The van der Waals surface area contributed by atoms with Crippen LogP contribution in [-0.2, 0) is 0 Å². The maximum atomic E-state index is 12.2. The number of carboxylic acids is 1. The summed E-state index contributed by atoms with van der Waals surface area (Å²) in [4.78, 5) is 23.3. The van der Waals surface area contributed by atoms with Crippen LogP contribution in [-0.4, -0.2) is 24.2 Å². The lowest BCUT2D eigenvalue weighted by Crippen LogP contribution is -2.12. The van der Waals surface area contributed by atoms with Crippen molar-refractivity contribution < 1.29 is 24.2 Å². The largest absolute Gasteiger partial charge is 0.496 e. The monoisotopic (exact) mass is 350 g/mol. The molecule has 6 heteroatoms. The first-order chi connectivity index (χ1) is 10.0. The normalized spacial score (nSPS) is 10.0. The first-order valence-electron chi connectivity index (χ1n) is 5.91. The molecule has 0 aliphatic heterocycles. The van der Waals surface area contributed by atoms with Crippen LogP contribution in [0.2, 0.25) is 0 Å². The third-order valence-corrected chi connectivity index (χ3v) is 3.19. The minimum absolute atomic E-state index is 0.0166. The van der Waals surface area contributed by atoms with Gasteiger partial charge in [0.25, 0.3) is 0 Å². The first-order valence-corrected chi connectivity index (χ1v) is 6.70. The number of para-hydroxylation sites is 1. The van der Waals surface area contributed by atoms with Gasteiger partial charge < -0.3 is 14.6 Å². The van der Waals surface area contributed by atoms with Gasteiger partial charge in [-0.25, -0.2) is 9.59 Å². The molecule has 0 spiro atoms. The zero-order valence-corrected chi connectivity index (χ0v) is 12.6. The van der Waals surface area contributed by atoms with E-state index in [4.69, 9.17) is 14.6 Å². The predicted octanol–water partition coefficient (Wildman–Crippen LogP) is 3.38. The Morgan fingerprint density at radius 2 is 1.76 bits per heavy atom. The quantitative estimate of drug-likeness (QED) is 0.675. The van der Waals surface area contributed by atoms with E-state index in [1.54, 1.807) is 30.3 Å². The van der Waals surface area contributed by atoms with Crippen LogP contribution in [0.3, 0.4) is 0 Å². The molecule has 0 heterocycles. The third-order valence-electron chi connectivity index (χ3n) is 2.70. The van der Waals surface area contributed by atoms with Gasteiger partial charge in [-0.1, -0.05) is 28.1 Å². The summed E-state index contributed by atoms with van der Waals surface area (Å²) < 4.78 is 11.0. The number of benzene rings is 2. The number of methoxy groups -OCH3 is 1. The second-order valence-corrected chi connectivity index (χ2v) is 4.95. The number of aromatic carboxylic acids is 1. The van der Waals surface area contributed by atoms with Gasteiger partial charge in [0.2, 0.25) is 0 Å². The molecule has 0 aliphatic rings. The Morgan fingerprint density at radius 3 is 2.43 bits per heavy atom. The Bertz CT molecular complexity index is 696. The fourth-order valence-electron chi connectivity index (χ4n) is 1.73. The molecule has 2 aromatic carbocycles. The van der Waals surface area contributed by atoms with Crippen LogP contribution in [0.1, 0.15) is 20.7 Å². The number of carboxylic acid groups (broad SMARTS) is 1. The van der Waals surface area contributed by atoms with Crippen molar-refractivity contribution in [2.24, 2.45) is 0 Å². The molecule has 0 unspecified atom stereocenters. The topological polar surface area (TPSA) is 72.8 Å². The van der Waals surface area contributed by atoms with Gasteiger partial charge >= 0.3 is 11.9 Å². The summed E-state index contributed by atoms with van der Waals surface area (Å²) in [7, 11) is 1.44. The van der Waals surface area contributed by atoms with E-state index >= 15 is 0 Å². The van der Waals surface area contributed by atoms with Crippen LogP contribution in [0.25, 0.3) is 0 Å². The zero-order chi connectivity index (χ0) is 15.4. The smallest absolute Gasteiger partial charge is 0.347 e. The Hall–Kier alpha value is -2.34. The predicted molar refractivity (Wildman–Crippen MR) is 79.1 cm³/mol. The highest BCUT2D eigenvalue weighted by molar-refractivity contribution is 9.10. The number of hydrogen-bond donors (Lipinski definition) is 1. The number of hydrogen-bond acceptors (Lipinski definition) is 4. The van der Waals surface area contributed by atoms with E-state index in [2.05, 4.69) is 15.9 Å². The van der Waals surface area contributed by atoms with E-state index in [-0.39, 0.29) is 16.9 Å². The third kappa shape index (κ3) is 3.41. The molecule has 2 aromatic rings. The van der Waals surface area contributed by atoms with Crippen LogP contribution in [0.15, 0.2) is 46.9 Å². The van der Waals surface area contributed by atoms with Gasteiger partial charge in [0.15, 0.2) is 0 Å². The molecule has 0 aliphatic carbocycles. The van der Waals surface area contributed by atoms with Gasteiger partial charge in [0, 0.05) is 4.47 Å². The van der Waals surface area contributed by atoms with Crippen molar-refractivity contribution in [3.05, 3.63) is 58.1 Å². The molecule has 2 rings (SSSR count). The minimum Gasteiger partial charge on any atom is -0.496 e. The van der Waals surface area contributed by atoms with Gasteiger partial charge in [-0.15, -0.1) is 0 Å². The molecule has 0 bridgehead atoms. The van der Waals surface area contributed by atoms with Gasteiger partial charge in [-0.05, 0) is 30.3 Å². The van der Waals surface area contributed by atoms with Crippen molar-refractivity contribution in [1.82, 2.24) is 0 Å². The van der Waals surface area contributed by atoms with E-state index < -0.39 is 11.9 Å². The highest BCUT2D eigenvalue weighted by Crippen LogP contribution is 2.26. The number of ether oxygens (including phenoxy) is 2. The maximum Gasteiger partial charge on any atom is 0.347 e. The van der Waals surface area contributed by atoms with Crippen molar-refractivity contribution in [2.45, 2.75) is 0 Å². The number of esters is 1. The molecule has 1 N–H and O–H groups in total. The van der Waals surface area contributed by atoms with Crippen molar-refractivity contribution in [1.29, 1.82) is 0 Å². The number of carbonyl (C=O) groups excluding carboxylic acids is 1. The standard InChI is InChI=1S/C15H11BrO5/c1-20-12-7-6-9(16)8-11(12)15(19)21-13-5-3-2-4-10(13)14(17)18/h2-8H,1H3,(H,17,18). The van der Waals surface area contributed by atoms with E-state index in [9.17, 15) is 9.59 Å². The van der Waals surface area contributed by atoms with E-state index in [0.29, 0.717) is 10.2 Å². The fraction of sp³-hybridized carbons (Fsp3) is 0.0667. The van der Waals surface area contributed by atoms with Crippen molar-refractivity contribution in [2.75, 3.05) is 7.11 Å². The molecular weight excluding hydrogens is 340 g/mol. The number of rotatable bonds is 4. The number of halogens is 1. The average molecular weight is 351 g/mol. The van der Waals surface area contributed by atoms with Crippen molar-refractivity contribution in [3.63, 3.8) is 0 Å². The Morgan fingerprint density at radius 1 is 1.05 bits per heavy atom. The Balaban J connectivity index is 2.35. The summed E-state index contributed by atoms with van der Waals surface area (Å²) in [6.45, 7) is 0. The summed E-state index contributed by atoms with van der Waals surface area (Å²) in [6.07, 6.45) is 0. The Kier molecular flexibility index (Phi) is 4.59. The minimum atomic E-state index is -1.17. The summed E-state index contributed by atoms with van der Waals surface area (Å²) in [5.74, 6) is -1.53. The highest BCUT2D eigenvalue weighted by atomic mass is 79.9. The molecule has 5 nitrogen and oxygen atoms in total. The van der Waals surface area contributed by atoms with Crippen LogP contribution in [0.4, 0.5) is 0 Å². The molecule has 21 heavy (non-hydrogen) atoms. The summed E-state index contributed by atoms with van der Waals surface area (Å²) >= 11 is 3.26. The molecule has 0 amide bonds. The molecule has 0 radical (unpaired) electrons. The lowest BCUT2D eigenvalue weighted by molar-refractivity contribution is 0.0681. The Labute approximate surface area is 129 Å². The van der Waals surface area contributed by atoms with Crippen molar-refractivity contribution in [3.8, 4) is 11.5 Å².